The van der Waals surface area contributed by atoms with Crippen LogP contribution >= 0.6 is 0 Å². The number of nitrogens with one attached hydrogen (secondary N) is 1. The number of halogens is 3. The standard InChI is InChI=1S/C23H25F3N4O3/c24-23(25,26)15-8-16(11-27-10-15)28-21(31)18-9-20(29-19-3-7-32-6-2-17(18)19)30-5-1-4-22(12-30)13-33-14-22/h8-11H,1-7,12-14H2,(H,28,31). The maximum absolute atomic E-state index is 13.3. The summed E-state index contributed by atoms with van der Waals surface area (Å²) >= 11 is 0. The average molecular weight is 462 g/mol. The van der Waals surface area contributed by atoms with Gasteiger partial charge in [-0.3, -0.25) is 9.78 Å². The summed E-state index contributed by atoms with van der Waals surface area (Å²) in [6.45, 7) is 4.09. The van der Waals surface area contributed by atoms with Crippen LogP contribution in [0, 0.1) is 5.41 Å². The van der Waals surface area contributed by atoms with Gasteiger partial charge >= 0.3 is 6.18 Å². The maximum atomic E-state index is 13.3. The number of nitrogens with zero attached hydrogens (tertiary/aromatic N) is 3. The van der Waals surface area contributed by atoms with Crippen LogP contribution in [0.2, 0.25) is 0 Å². The molecule has 1 spiro atoms. The zero-order chi connectivity index (χ0) is 23.1. The van der Waals surface area contributed by atoms with Crippen LogP contribution in [0.5, 0.6) is 0 Å². The topological polar surface area (TPSA) is 76.6 Å². The Balaban J connectivity index is 1.47. The van der Waals surface area contributed by atoms with E-state index in [2.05, 4.69) is 15.2 Å². The molecule has 10 heteroatoms. The van der Waals surface area contributed by atoms with Crippen LogP contribution in [0.4, 0.5) is 24.7 Å². The number of anilines is 2. The summed E-state index contributed by atoms with van der Waals surface area (Å²) in [6, 6.07) is 2.65. The molecule has 0 saturated carbocycles. The summed E-state index contributed by atoms with van der Waals surface area (Å²) < 4.78 is 50.2. The number of fused-ring (bicyclic) bond motifs is 1. The zero-order valence-electron chi connectivity index (χ0n) is 18.1. The molecule has 5 rings (SSSR count). The van der Waals surface area contributed by atoms with Gasteiger partial charge < -0.3 is 19.7 Å². The highest BCUT2D eigenvalue weighted by Crippen LogP contribution is 2.39. The normalized spacial score (nSPS) is 20.0. The highest BCUT2D eigenvalue weighted by molar-refractivity contribution is 6.06. The number of hydrogen-bond acceptors (Lipinski definition) is 6. The van der Waals surface area contributed by atoms with E-state index in [9.17, 15) is 18.0 Å². The van der Waals surface area contributed by atoms with E-state index in [0.717, 1.165) is 62.7 Å². The summed E-state index contributed by atoms with van der Waals surface area (Å²) in [6.07, 6.45) is 0.630. The summed E-state index contributed by atoms with van der Waals surface area (Å²) in [5.74, 6) is 0.241. The zero-order valence-corrected chi connectivity index (χ0v) is 18.1. The summed E-state index contributed by atoms with van der Waals surface area (Å²) in [4.78, 5) is 24.0. The maximum Gasteiger partial charge on any atom is 0.417 e. The van der Waals surface area contributed by atoms with Gasteiger partial charge in [-0.25, -0.2) is 4.98 Å². The summed E-state index contributed by atoms with van der Waals surface area (Å²) in [7, 11) is 0. The number of carbonyl (C=O) groups excluding carboxylic acids is 1. The van der Waals surface area contributed by atoms with Gasteiger partial charge in [0.2, 0.25) is 0 Å². The van der Waals surface area contributed by atoms with Crippen LogP contribution in [0.1, 0.15) is 40.0 Å². The predicted molar refractivity (Wildman–Crippen MR) is 114 cm³/mol. The molecule has 176 valence electrons. The van der Waals surface area contributed by atoms with Crippen LogP contribution in [-0.2, 0) is 28.5 Å². The number of rotatable bonds is 3. The van der Waals surface area contributed by atoms with Gasteiger partial charge in [-0.05, 0) is 37.0 Å². The molecule has 0 aromatic carbocycles. The fourth-order valence-corrected chi connectivity index (χ4v) is 4.80. The van der Waals surface area contributed by atoms with Crippen LogP contribution in [0.25, 0.3) is 0 Å². The lowest BCUT2D eigenvalue weighted by molar-refractivity contribution is -0.137. The Kier molecular flexibility index (Phi) is 5.74. The Labute approximate surface area is 189 Å². The Morgan fingerprint density at radius 1 is 1.12 bits per heavy atom. The number of alkyl halides is 3. The lowest BCUT2D eigenvalue weighted by atomic mass is 9.78. The third kappa shape index (κ3) is 4.54. The molecule has 3 aliphatic rings. The van der Waals surface area contributed by atoms with Gasteiger partial charge in [0.1, 0.15) is 5.82 Å². The SMILES string of the molecule is O=C(Nc1cncc(C(F)(F)F)c1)c1cc(N2CCCC3(COC3)C2)nc2c1CCOCC2. The van der Waals surface area contributed by atoms with E-state index in [1.807, 2.05) is 0 Å². The van der Waals surface area contributed by atoms with Crippen LogP contribution in [0.15, 0.2) is 24.5 Å². The smallest absolute Gasteiger partial charge is 0.381 e. The highest BCUT2D eigenvalue weighted by Gasteiger charge is 2.42. The number of ether oxygens (including phenoxy) is 2. The lowest BCUT2D eigenvalue weighted by Crippen LogP contribution is -2.54. The second kappa shape index (κ2) is 8.57. The van der Waals surface area contributed by atoms with Gasteiger partial charge in [-0.2, -0.15) is 13.2 Å². The molecule has 1 amide bonds. The molecule has 5 heterocycles. The number of carbonyl (C=O) groups is 1. The van der Waals surface area contributed by atoms with Gasteiger partial charge in [0.05, 0.1) is 43.9 Å². The second-order valence-electron chi connectivity index (χ2n) is 9.00. The predicted octanol–water partition coefficient (Wildman–Crippen LogP) is 3.48. The molecule has 0 bridgehead atoms. The number of aromatic nitrogens is 2. The Hall–Kier alpha value is -2.72. The van der Waals surface area contributed by atoms with Crippen molar-refractivity contribution in [2.45, 2.75) is 31.9 Å². The molecular formula is C23H25F3N4O3. The molecular weight excluding hydrogens is 437 g/mol. The number of amides is 1. The quantitative estimate of drug-likeness (QED) is 0.753. The van der Waals surface area contributed by atoms with Crippen molar-refractivity contribution in [3.05, 3.63) is 46.9 Å². The molecule has 1 N–H and O–H groups in total. The van der Waals surface area contributed by atoms with Crippen molar-refractivity contribution in [3.8, 4) is 0 Å². The van der Waals surface area contributed by atoms with Crippen molar-refractivity contribution in [2.24, 2.45) is 5.41 Å². The molecule has 2 fully saturated rings. The number of pyridine rings is 2. The van der Waals surface area contributed by atoms with Crippen molar-refractivity contribution < 1.29 is 27.4 Å². The molecule has 2 saturated heterocycles. The van der Waals surface area contributed by atoms with E-state index in [-0.39, 0.29) is 11.1 Å². The minimum absolute atomic E-state index is 0.00430. The first-order valence-corrected chi connectivity index (χ1v) is 11.1. The number of hydrogen-bond donors (Lipinski definition) is 1. The fourth-order valence-electron chi connectivity index (χ4n) is 4.80. The first-order valence-electron chi connectivity index (χ1n) is 11.1. The van der Waals surface area contributed by atoms with E-state index >= 15 is 0 Å². The highest BCUT2D eigenvalue weighted by atomic mass is 19.4. The lowest BCUT2D eigenvalue weighted by Gasteiger charge is -2.48. The van der Waals surface area contributed by atoms with Crippen molar-refractivity contribution >= 4 is 17.4 Å². The number of piperidine rings is 1. The van der Waals surface area contributed by atoms with Gasteiger partial charge in [0.15, 0.2) is 0 Å². The van der Waals surface area contributed by atoms with Crippen molar-refractivity contribution in [2.75, 3.05) is 49.7 Å². The Morgan fingerprint density at radius 2 is 1.94 bits per heavy atom. The van der Waals surface area contributed by atoms with Crippen molar-refractivity contribution in [1.82, 2.24) is 9.97 Å². The van der Waals surface area contributed by atoms with Crippen LogP contribution in [-0.4, -0.2) is 55.4 Å². The second-order valence-corrected chi connectivity index (χ2v) is 9.00. The molecule has 0 atom stereocenters. The molecule has 7 nitrogen and oxygen atoms in total. The minimum Gasteiger partial charge on any atom is -0.381 e. The molecule has 2 aromatic rings. The van der Waals surface area contributed by atoms with Crippen molar-refractivity contribution in [1.29, 1.82) is 0 Å². The molecule has 33 heavy (non-hydrogen) atoms. The van der Waals surface area contributed by atoms with Crippen molar-refractivity contribution in [3.63, 3.8) is 0 Å². The fraction of sp³-hybridized carbons (Fsp3) is 0.522. The third-order valence-corrected chi connectivity index (χ3v) is 6.55. The van der Waals surface area contributed by atoms with Gasteiger partial charge in [0.25, 0.3) is 5.91 Å². The minimum atomic E-state index is -4.54. The van der Waals surface area contributed by atoms with Crippen LogP contribution in [0.3, 0.4) is 0 Å². The molecule has 2 aromatic heterocycles. The van der Waals surface area contributed by atoms with Crippen LogP contribution < -0.4 is 10.2 Å². The summed E-state index contributed by atoms with van der Waals surface area (Å²) in [5, 5.41) is 2.60. The first-order chi connectivity index (χ1) is 15.8. The average Bonchev–Trinajstić information content (AvgIpc) is 3.02. The molecule has 0 unspecified atom stereocenters. The molecule has 3 aliphatic heterocycles. The largest absolute Gasteiger partial charge is 0.417 e. The van der Waals surface area contributed by atoms with E-state index in [0.29, 0.717) is 37.4 Å². The van der Waals surface area contributed by atoms with E-state index < -0.39 is 17.6 Å². The van der Waals surface area contributed by atoms with Gasteiger partial charge in [-0.15, -0.1) is 0 Å². The third-order valence-electron chi connectivity index (χ3n) is 6.55. The monoisotopic (exact) mass is 462 g/mol. The molecule has 0 aliphatic carbocycles. The van der Waals surface area contributed by atoms with Gasteiger partial charge in [0, 0.05) is 42.4 Å². The Morgan fingerprint density at radius 3 is 2.70 bits per heavy atom. The van der Waals surface area contributed by atoms with Gasteiger partial charge in [-0.1, -0.05) is 0 Å². The Bertz CT molecular complexity index is 1060. The molecule has 0 radical (unpaired) electrons. The first kappa shape index (κ1) is 22.1. The summed E-state index contributed by atoms with van der Waals surface area (Å²) in [5.41, 5.74) is 1.23. The van der Waals surface area contributed by atoms with E-state index in [1.165, 1.54) is 6.20 Å². The van der Waals surface area contributed by atoms with E-state index in [4.69, 9.17) is 14.5 Å². The van der Waals surface area contributed by atoms with E-state index in [1.54, 1.807) is 6.07 Å².